The topological polar surface area (TPSA) is 69.0 Å². The van der Waals surface area contributed by atoms with E-state index in [1.54, 1.807) is 12.0 Å². The van der Waals surface area contributed by atoms with Gasteiger partial charge >= 0.3 is 0 Å². The standard InChI is InChI=1S/C31H31NO5/c1-17(2)16-36-24-11-10-21(15-26(24)35-6)28-27-29(33)23-13-19(4)20(5)14-25(23)37-30(27)31(34)32(28)22-9-7-8-18(3)12-22/h7-15,17,28H,16H2,1-6H3. The molecule has 3 aromatic carbocycles. The van der Waals surface area contributed by atoms with Gasteiger partial charge in [-0.05, 0) is 85.3 Å². The minimum absolute atomic E-state index is 0.0753. The SMILES string of the molecule is COc1cc(C2c3c(oc4cc(C)c(C)cc4c3=O)C(=O)N2c2cccc(C)c2)ccc1OCC(C)C. The maximum absolute atomic E-state index is 14.0. The summed E-state index contributed by atoms with van der Waals surface area (Å²) >= 11 is 0. The molecule has 0 spiro atoms. The Morgan fingerprint density at radius 1 is 0.946 bits per heavy atom. The van der Waals surface area contributed by atoms with Gasteiger partial charge in [0.25, 0.3) is 5.91 Å². The predicted molar refractivity (Wildman–Crippen MR) is 145 cm³/mol. The zero-order valence-corrected chi connectivity index (χ0v) is 22.0. The van der Waals surface area contributed by atoms with Gasteiger partial charge in [-0.2, -0.15) is 0 Å². The molecule has 0 N–H and O–H groups in total. The number of rotatable bonds is 6. The summed E-state index contributed by atoms with van der Waals surface area (Å²) in [6.45, 7) is 10.6. The Balaban J connectivity index is 1.75. The number of carbonyl (C=O) groups excluding carboxylic acids is 1. The van der Waals surface area contributed by atoms with Crippen molar-refractivity contribution in [3.63, 3.8) is 0 Å². The second-order valence-corrected chi connectivity index (χ2v) is 10.1. The molecule has 1 aliphatic heterocycles. The van der Waals surface area contributed by atoms with Gasteiger partial charge in [0.2, 0.25) is 5.76 Å². The molecular weight excluding hydrogens is 466 g/mol. The largest absolute Gasteiger partial charge is 0.493 e. The lowest BCUT2D eigenvalue weighted by molar-refractivity contribution is 0.0971. The van der Waals surface area contributed by atoms with Crippen LogP contribution in [0.5, 0.6) is 11.5 Å². The van der Waals surface area contributed by atoms with Gasteiger partial charge in [-0.15, -0.1) is 0 Å². The average molecular weight is 498 g/mol. The molecule has 1 aromatic heterocycles. The van der Waals surface area contributed by atoms with E-state index in [1.165, 1.54) is 0 Å². The van der Waals surface area contributed by atoms with Crippen LogP contribution in [-0.2, 0) is 0 Å². The molecule has 0 saturated heterocycles. The molecule has 6 nitrogen and oxygen atoms in total. The first-order valence-electron chi connectivity index (χ1n) is 12.5. The normalized spacial score (nSPS) is 14.9. The van der Waals surface area contributed by atoms with E-state index in [2.05, 4.69) is 13.8 Å². The Hall–Kier alpha value is -4.06. The zero-order valence-electron chi connectivity index (χ0n) is 22.0. The molecule has 1 unspecified atom stereocenters. The van der Waals surface area contributed by atoms with Gasteiger partial charge in [0.1, 0.15) is 5.58 Å². The minimum Gasteiger partial charge on any atom is -0.493 e. The number of ether oxygens (including phenoxy) is 2. The molecular formula is C31H31NO5. The highest BCUT2D eigenvalue weighted by molar-refractivity contribution is 6.10. The molecule has 37 heavy (non-hydrogen) atoms. The summed E-state index contributed by atoms with van der Waals surface area (Å²) in [6, 6.07) is 16.2. The van der Waals surface area contributed by atoms with Crippen molar-refractivity contribution in [2.75, 3.05) is 18.6 Å². The van der Waals surface area contributed by atoms with Gasteiger partial charge in [-0.3, -0.25) is 14.5 Å². The van der Waals surface area contributed by atoms with Crippen LogP contribution in [0.3, 0.4) is 0 Å². The minimum atomic E-state index is -0.681. The lowest BCUT2D eigenvalue weighted by Crippen LogP contribution is -2.29. The summed E-state index contributed by atoms with van der Waals surface area (Å²) in [6.07, 6.45) is 0. The van der Waals surface area contributed by atoms with Crippen molar-refractivity contribution in [3.8, 4) is 11.5 Å². The molecule has 6 heteroatoms. The first-order chi connectivity index (χ1) is 17.7. The van der Waals surface area contributed by atoms with E-state index < -0.39 is 6.04 Å². The van der Waals surface area contributed by atoms with Crippen molar-refractivity contribution < 1.29 is 18.7 Å². The molecule has 190 valence electrons. The zero-order chi connectivity index (χ0) is 26.4. The number of amides is 1. The van der Waals surface area contributed by atoms with Crippen LogP contribution in [0.15, 0.2) is 63.8 Å². The number of fused-ring (bicyclic) bond motifs is 2. The van der Waals surface area contributed by atoms with E-state index in [0.717, 1.165) is 22.3 Å². The third-order valence-electron chi connectivity index (χ3n) is 6.84. The van der Waals surface area contributed by atoms with Gasteiger partial charge in [0.05, 0.1) is 30.7 Å². The summed E-state index contributed by atoms with van der Waals surface area (Å²) in [5.41, 5.74) is 4.96. The van der Waals surface area contributed by atoms with E-state index >= 15 is 0 Å². The Bertz CT molecular complexity index is 1580. The van der Waals surface area contributed by atoms with Gasteiger partial charge in [0, 0.05) is 5.69 Å². The van der Waals surface area contributed by atoms with E-state index in [4.69, 9.17) is 13.9 Å². The molecule has 0 aliphatic carbocycles. The number of methoxy groups -OCH3 is 1. The first kappa shape index (κ1) is 24.6. The lowest BCUT2D eigenvalue weighted by atomic mass is 9.96. The Labute approximate surface area is 216 Å². The van der Waals surface area contributed by atoms with Gasteiger partial charge in [-0.1, -0.05) is 32.0 Å². The number of nitrogens with zero attached hydrogens (tertiary/aromatic N) is 1. The van der Waals surface area contributed by atoms with Crippen LogP contribution in [0.2, 0.25) is 0 Å². The Kier molecular flexibility index (Phi) is 6.28. The highest BCUT2D eigenvalue weighted by Crippen LogP contribution is 2.43. The van der Waals surface area contributed by atoms with E-state index in [1.807, 2.05) is 75.4 Å². The van der Waals surface area contributed by atoms with Crippen LogP contribution >= 0.6 is 0 Å². The number of hydrogen-bond donors (Lipinski definition) is 0. The summed E-state index contributed by atoms with van der Waals surface area (Å²) < 4.78 is 17.8. The number of aryl methyl sites for hydroxylation is 3. The molecule has 0 radical (unpaired) electrons. The quantitative estimate of drug-likeness (QED) is 0.304. The van der Waals surface area contributed by atoms with Crippen molar-refractivity contribution >= 4 is 22.6 Å². The van der Waals surface area contributed by atoms with Crippen LogP contribution in [0.25, 0.3) is 11.0 Å². The lowest BCUT2D eigenvalue weighted by Gasteiger charge is -2.26. The number of carbonyl (C=O) groups is 1. The summed E-state index contributed by atoms with van der Waals surface area (Å²) in [5.74, 6) is 1.24. The van der Waals surface area contributed by atoms with Gasteiger partial charge < -0.3 is 13.9 Å². The fraction of sp³-hybridized carbons (Fsp3) is 0.290. The third-order valence-corrected chi connectivity index (χ3v) is 6.84. The maximum Gasteiger partial charge on any atom is 0.295 e. The highest BCUT2D eigenvalue weighted by atomic mass is 16.5. The molecule has 1 atom stereocenters. The second kappa shape index (κ2) is 9.43. The van der Waals surface area contributed by atoms with Gasteiger partial charge in [0.15, 0.2) is 16.9 Å². The number of benzene rings is 3. The molecule has 5 rings (SSSR count). The molecule has 1 amide bonds. The fourth-order valence-corrected chi connectivity index (χ4v) is 4.82. The molecule has 2 heterocycles. The van der Waals surface area contributed by atoms with Crippen LogP contribution in [0.1, 0.15) is 58.3 Å². The highest BCUT2D eigenvalue weighted by Gasteiger charge is 2.44. The van der Waals surface area contributed by atoms with E-state index in [-0.39, 0.29) is 17.1 Å². The average Bonchev–Trinajstić information content (AvgIpc) is 3.16. The van der Waals surface area contributed by atoms with Crippen molar-refractivity contribution in [3.05, 3.63) is 98.4 Å². The number of hydrogen-bond acceptors (Lipinski definition) is 5. The van der Waals surface area contributed by atoms with Crippen molar-refractivity contribution in [2.24, 2.45) is 5.92 Å². The van der Waals surface area contributed by atoms with Crippen LogP contribution < -0.4 is 19.8 Å². The monoisotopic (exact) mass is 497 g/mol. The summed E-state index contributed by atoms with van der Waals surface area (Å²) in [7, 11) is 1.58. The third kappa shape index (κ3) is 4.26. The van der Waals surface area contributed by atoms with Crippen LogP contribution in [0.4, 0.5) is 5.69 Å². The van der Waals surface area contributed by atoms with Crippen molar-refractivity contribution in [1.29, 1.82) is 0 Å². The molecule has 0 fully saturated rings. The number of anilines is 1. The maximum atomic E-state index is 14.0. The molecule has 1 aliphatic rings. The summed E-state index contributed by atoms with van der Waals surface area (Å²) in [5, 5.41) is 0.467. The molecule has 4 aromatic rings. The fourth-order valence-electron chi connectivity index (χ4n) is 4.82. The van der Waals surface area contributed by atoms with Crippen LogP contribution in [0, 0.1) is 26.7 Å². The molecule has 0 bridgehead atoms. The van der Waals surface area contributed by atoms with E-state index in [0.29, 0.717) is 46.2 Å². The second-order valence-electron chi connectivity index (χ2n) is 10.1. The Morgan fingerprint density at radius 2 is 1.70 bits per heavy atom. The van der Waals surface area contributed by atoms with Gasteiger partial charge in [-0.25, -0.2) is 0 Å². The summed E-state index contributed by atoms with van der Waals surface area (Å²) in [4.78, 5) is 29.5. The Morgan fingerprint density at radius 3 is 2.41 bits per heavy atom. The van der Waals surface area contributed by atoms with Crippen LogP contribution in [-0.4, -0.2) is 19.6 Å². The van der Waals surface area contributed by atoms with E-state index in [9.17, 15) is 9.59 Å². The molecule has 0 saturated carbocycles. The first-order valence-corrected chi connectivity index (χ1v) is 12.5. The van der Waals surface area contributed by atoms with Crippen molar-refractivity contribution in [1.82, 2.24) is 0 Å². The van der Waals surface area contributed by atoms with Crippen molar-refractivity contribution in [2.45, 2.75) is 40.7 Å². The smallest absolute Gasteiger partial charge is 0.295 e. The predicted octanol–water partition coefficient (Wildman–Crippen LogP) is 6.51.